The van der Waals surface area contributed by atoms with Crippen molar-refractivity contribution in [3.05, 3.63) is 35.9 Å². The number of nitrogens with zero attached hydrogens (tertiary/aromatic N) is 1. The van der Waals surface area contributed by atoms with Crippen LogP contribution in [-0.4, -0.2) is 42.3 Å². The third-order valence-corrected chi connectivity index (χ3v) is 3.52. The van der Waals surface area contributed by atoms with Gasteiger partial charge in [0.25, 0.3) is 0 Å². The Morgan fingerprint density at radius 1 is 1.33 bits per heavy atom. The van der Waals surface area contributed by atoms with Gasteiger partial charge in [-0.2, -0.15) is 0 Å². The third kappa shape index (κ3) is 5.05. The summed E-state index contributed by atoms with van der Waals surface area (Å²) in [5.74, 6) is 0.625. The van der Waals surface area contributed by atoms with E-state index in [1.165, 1.54) is 5.56 Å². The van der Waals surface area contributed by atoms with E-state index in [1.807, 2.05) is 33.8 Å². The summed E-state index contributed by atoms with van der Waals surface area (Å²) in [4.78, 5) is 14.1. The van der Waals surface area contributed by atoms with E-state index in [4.69, 9.17) is 4.74 Å². The number of alkyl carbamates (subject to hydrolysis) is 1. The summed E-state index contributed by atoms with van der Waals surface area (Å²) in [5, 5.41) is 2.89. The highest BCUT2D eigenvalue weighted by atomic mass is 16.6. The van der Waals surface area contributed by atoms with Crippen molar-refractivity contribution in [3.8, 4) is 0 Å². The Hall–Kier alpha value is -1.55. The SMILES string of the molecule is CC(CN1CC(c2ccccc2)C1)NC(=O)OC(C)(C)C. The van der Waals surface area contributed by atoms with Crippen molar-refractivity contribution in [1.29, 1.82) is 0 Å². The first-order valence-electron chi connectivity index (χ1n) is 7.60. The van der Waals surface area contributed by atoms with Gasteiger partial charge in [-0.05, 0) is 33.3 Å². The minimum Gasteiger partial charge on any atom is -0.444 e. The second-order valence-electron chi connectivity index (χ2n) is 6.87. The van der Waals surface area contributed by atoms with Gasteiger partial charge in [-0.15, -0.1) is 0 Å². The van der Waals surface area contributed by atoms with Crippen molar-refractivity contribution < 1.29 is 9.53 Å². The van der Waals surface area contributed by atoms with Crippen LogP contribution in [0.3, 0.4) is 0 Å². The zero-order valence-electron chi connectivity index (χ0n) is 13.4. The Balaban J connectivity index is 1.69. The Bertz CT molecular complexity index is 461. The molecule has 1 aromatic rings. The lowest BCUT2D eigenvalue weighted by Crippen LogP contribution is -2.51. The van der Waals surface area contributed by atoms with Gasteiger partial charge in [0, 0.05) is 31.6 Å². The predicted molar refractivity (Wildman–Crippen MR) is 84.5 cm³/mol. The number of benzene rings is 1. The maximum absolute atomic E-state index is 11.7. The number of hydrogen-bond donors (Lipinski definition) is 1. The maximum Gasteiger partial charge on any atom is 0.407 e. The molecule has 0 radical (unpaired) electrons. The van der Waals surface area contributed by atoms with Gasteiger partial charge in [-0.25, -0.2) is 4.79 Å². The Kier molecular flexibility index (Phi) is 4.88. The van der Waals surface area contributed by atoms with E-state index in [0.29, 0.717) is 5.92 Å². The van der Waals surface area contributed by atoms with Crippen molar-refractivity contribution in [3.63, 3.8) is 0 Å². The van der Waals surface area contributed by atoms with E-state index in [0.717, 1.165) is 19.6 Å². The van der Waals surface area contributed by atoms with Crippen LogP contribution in [0.1, 0.15) is 39.2 Å². The predicted octanol–water partition coefficient (Wildman–Crippen LogP) is 3.00. The van der Waals surface area contributed by atoms with Gasteiger partial charge in [0.2, 0.25) is 0 Å². The Morgan fingerprint density at radius 3 is 2.52 bits per heavy atom. The van der Waals surface area contributed by atoms with E-state index >= 15 is 0 Å². The lowest BCUT2D eigenvalue weighted by molar-refractivity contribution is 0.0480. The summed E-state index contributed by atoms with van der Waals surface area (Å²) in [5.41, 5.74) is 0.959. The Labute approximate surface area is 127 Å². The number of carbonyl (C=O) groups is 1. The van der Waals surface area contributed by atoms with Crippen molar-refractivity contribution in [2.45, 2.75) is 45.3 Å². The largest absolute Gasteiger partial charge is 0.444 e. The van der Waals surface area contributed by atoms with Crippen LogP contribution < -0.4 is 5.32 Å². The van der Waals surface area contributed by atoms with Gasteiger partial charge >= 0.3 is 6.09 Å². The molecule has 1 aliphatic rings. The number of rotatable bonds is 4. The van der Waals surface area contributed by atoms with Crippen molar-refractivity contribution >= 4 is 6.09 Å². The first-order chi connectivity index (χ1) is 9.83. The number of amides is 1. The minimum absolute atomic E-state index is 0.0940. The molecular weight excluding hydrogens is 264 g/mol. The highest BCUT2D eigenvalue weighted by molar-refractivity contribution is 5.68. The molecule has 0 spiro atoms. The quantitative estimate of drug-likeness (QED) is 0.927. The summed E-state index contributed by atoms with van der Waals surface area (Å²) >= 11 is 0. The summed E-state index contributed by atoms with van der Waals surface area (Å²) in [6.45, 7) is 10.6. The molecule has 1 unspecified atom stereocenters. The highest BCUT2D eigenvalue weighted by Gasteiger charge is 2.29. The normalized spacial score (nSPS) is 17.9. The van der Waals surface area contributed by atoms with Crippen molar-refractivity contribution in [1.82, 2.24) is 10.2 Å². The summed E-state index contributed by atoms with van der Waals surface area (Å²) in [6, 6.07) is 10.7. The van der Waals surface area contributed by atoms with Crippen LogP contribution in [0.4, 0.5) is 4.79 Å². The first-order valence-corrected chi connectivity index (χ1v) is 7.60. The van der Waals surface area contributed by atoms with Crippen LogP contribution in [0.5, 0.6) is 0 Å². The zero-order chi connectivity index (χ0) is 15.5. The molecule has 1 fully saturated rings. The van der Waals surface area contributed by atoms with E-state index in [2.05, 4.69) is 34.5 Å². The lowest BCUT2D eigenvalue weighted by Gasteiger charge is -2.41. The first kappa shape index (κ1) is 15.8. The van der Waals surface area contributed by atoms with Gasteiger partial charge in [-0.3, -0.25) is 4.90 Å². The molecule has 0 bridgehead atoms. The molecule has 21 heavy (non-hydrogen) atoms. The molecule has 4 nitrogen and oxygen atoms in total. The second-order valence-corrected chi connectivity index (χ2v) is 6.87. The molecule has 1 N–H and O–H groups in total. The summed E-state index contributed by atoms with van der Waals surface area (Å²) < 4.78 is 5.26. The molecule has 1 aromatic carbocycles. The fraction of sp³-hybridized carbons (Fsp3) is 0.588. The van der Waals surface area contributed by atoms with Crippen LogP contribution in [0.2, 0.25) is 0 Å². The molecule has 2 rings (SSSR count). The van der Waals surface area contributed by atoms with Crippen LogP contribution >= 0.6 is 0 Å². The van der Waals surface area contributed by atoms with E-state index in [9.17, 15) is 4.79 Å². The monoisotopic (exact) mass is 290 g/mol. The Morgan fingerprint density at radius 2 is 1.95 bits per heavy atom. The molecule has 1 saturated heterocycles. The number of nitrogens with one attached hydrogen (secondary N) is 1. The standard InChI is InChI=1S/C17H26N2O2/c1-13(18-16(20)21-17(2,3)4)10-19-11-15(12-19)14-8-6-5-7-9-14/h5-9,13,15H,10-12H2,1-4H3,(H,18,20). The third-order valence-electron chi connectivity index (χ3n) is 3.52. The number of carbonyl (C=O) groups excluding carboxylic acids is 1. The minimum atomic E-state index is -0.445. The number of hydrogen-bond acceptors (Lipinski definition) is 3. The molecule has 0 aromatic heterocycles. The van der Waals surface area contributed by atoms with Crippen LogP contribution in [0, 0.1) is 0 Å². The molecule has 0 aliphatic carbocycles. The molecule has 4 heteroatoms. The summed E-state index contributed by atoms with van der Waals surface area (Å²) in [6.07, 6.45) is -0.338. The van der Waals surface area contributed by atoms with E-state index in [-0.39, 0.29) is 12.1 Å². The van der Waals surface area contributed by atoms with Crippen molar-refractivity contribution in [2.24, 2.45) is 0 Å². The number of ether oxygens (including phenoxy) is 1. The smallest absolute Gasteiger partial charge is 0.407 e. The molecule has 1 aliphatic heterocycles. The van der Waals surface area contributed by atoms with Gasteiger partial charge in [0.05, 0.1) is 0 Å². The van der Waals surface area contributed by atoms with Gasteiger partial charge in [-0.1, -0.05) is 30.3 Å². The highest BCUT2D eigenvalue weighted by Crippen LogP contribution is 2.26. The van der Waals surface area contributed by atoms with Crippen molar-refractivity contribution in [2.75, 3.05) is 19.6 Å². The lowest BCUT2D eigenvalue weighted by atomic mass is 9.91. The van der Waals surface area contributed by atoms with Crippen LogP contribution in [-0.2, 0) is 4.74 Å². The molecule has 1 atom stereocenters. The van der Waals surface area contributed by atoms with Gasteiger partial charge in [0.15, 0.2) is 0 Å². The van der Waals surface area contributed by atoms with E-state index in [1.54, 1.807) is 0 Å². The molecular formula is C17H26N2O2. The average Bonchev–Trinajstić information content (AvgIpc) is 2.31. The average molecular weight is 290 g/mol. The molecule has 1 amide bonds. The molecule has 116 valence electrons. The van der Waals surface area contributed by atoms with Gasteiger partial charge in [0.1, 0.15) is 5.60 Å². The van der Waals surface area contributed by atoms with Crippen LogP contribution in [0.25, 0.3) is 0 Å². The van der Waals surface area contributed by atoms with Crippen LogP contribution in [0.15, 0.2) is 30.3 Å². The fourth-order valence-electron chi connectivity index (χ4n) is 2.60. The number of likely N-dealkylation sites (tertiary alicyclic amines) is 1. The maximum atomic E-state index is 11.7. The van der Waals surface area contributed by atoms with Gasteiger partial charge < -0.3 is 10.1 Å². The topological polar surface area (TPSA) is 41.6 Å². The second kappa shape index (κ2) is 6.48. The summed E-state index contributed by atoms with van der Waals surface area (Å²) in [7, 11) is 0. The molecule has 0 saturated carbocycles. The molecule has 1 heterocycles. The van der Waals surface area contributed by atoms with E-state index < -0.39 is 5.60 Å². The fourth-order valence-corrected chi connectivity index (χ4v) is 2.60. The zero-order valence-corrected chi connectivity index (χ0v) is 13.4.